The van der Waals surface area contributed by atoms with Crippen molar-refractivity contribution >= 4 is 46.1 Å². The average Bonchev–Trinajstić information content (AvgIpc) is 2.65. The summed E-state index contributed by atoms with van der Waals surface area (Å²) in [6.45, 7) is 0. The Hall–Kier alpha value is -1.03. The van der Waals surface area contributed by atoms with Gasteiger partial charge in [-0.05, 0) is 24.3 Å². The normalized spacial score (nSPS) is 9.56. The summed E-state index contributed by atoms with van der Waals surface area (Å²) in [6, 6.07) is 10.4. The molecule has 2 aromatic rings. The number of nitrogens with two attached hydrogens (primary N) is 1. The number of hydrogen-bond donors (Lipinski definition) is 1. The Morgan fingerprint density at radius 3 is 2.44 bits per heavy atom. The first-order valence-electron chi connectivity index (χ1n) is 4.33. The van der Waals surface area contributed by atoms with E-state index in [0.29, 0.717) is 20.5 Å². The molecule has 2 nitrogen and oxygen atoms in total. The van der Waals surface area contributed by atoms with Gasteiger partial charge in [0, 0.05) is 5.56 Å². The van der Waals surface area contributed by atoms with E-state index in [1.165, 1.54) is 11.3 Å². The van der Waals surface area contributed by atoms with Crippen molar-refractivity contribution < 1.29 is 4.79 Å². The Kier molecular flexibility index (Phi) is 4.35. The number of benzene rings is 1. The minimum atomic E-state index is -0.0812. The standard InChI is InChI=1S/C11H8ClNOS.ClH/c12-8-4-2-1-3-7(8)11(14)9-5-6-10(13)15-9;/h1-6H,13H2;1H. The van der Waals surface area contributed by atoms with E-state index in [0.717, 1.165) is 0 Å². The minimum absolute atomic E-state index is 0. The minimum Gasteiger partial charge on any atom is -0.391 e. The molecule has 0 saturated carbocycles. The Bertz CT molecular complexity index is 510. The first-order chi connectivity index (χ1) is 7.18. The Balaban J connectivity index is 0.00000128. The van der Waals surface area contributed by atoms with E-state index in [9.17, 15) is 4.79 Å². The summed E-state index contributed by atoms with van der Waals surface area (Å²) in [5.41, 5.74) is 6.08. The fourth-order valence-corrected chi connectivity index (χ4v) is 2.20. The summed E-state index contributed by atoms with van der Waals surface area (Å²) in [7, 11) is 0. The lowest BCUT2D eigenvalue weighted by molar-refractivity contribution is 0.104. The third-order valence-electron chi connectivity index (χ3n) is 1.97. The highest BCUT2D eigenvalue weighted by atomic mass is 35.5. The number of rotatable bonds is 2. The molecule has 0 aliphatic carbocycles. The Morgan fingerprint density at radius 2 is 1.88 bits per heavy atom. The van der Waals surface area contributed by atoms with E-state index in [2.05, 4.69) is 0 Å². The molecule has 0 unspecified atom stereocenters. The largest absolute Gasteiger partial charge is 0.391 e. The zero-order valence-corrected chi connectivity index (χ0v) is 10.5. The summed E-state index contributed by atoms with van der Waals surface area (Å²) in [5, 5.41) is 1.10. The zero-order valence-electron chi connectivity index (χ0n) is 8.14. The first kappa shape index (κ1) is 13.0. The van der Waals surface area contributed by atoms with Crippen molar-refractivity contribution in [3.63, 3.8) is 0 Å². The van der Waals surface area contributed by atoms with Crippen LogP contribution in [0.2, 0.25) is 5.02 Å². The third kappa shape index (κ3) is 2.55. The Labute approximate surface area is 108 Å². The quantitative estimate of drug-likeness (QED) is 0.849. The molecule has 2 N–H and O–H groups in total. The molecule has 0 spiro atoms. The number of halogens is 2. The fourth-order valence-electron chi connectivity index (χ4n) is 1.25. The van der Waals surface area contributed by atoms with E-state index >= 15 is 0 Å². The highest BCUT2D eigenvalue weighted by molar-refractivity contribution is 7.17. The van der Waals surface area contributed by atoms with Crippen molar-refractivity contribution in [2.24, 2.45) is 0 Å². The maximum Gasteiger partial charge on any atom is 0.204 e. The van der Waals surface area contributed by atoms with Gasteiger partial charge < -0.3 is 5.73 Å². The number of thiophene rings is 1. The topological polar surface area (TPSA) is 43.1 Å². The van der Waals surface area contributed by atoms with Gasteiger partial charge in [0.25, 0.3) is 0 Å². The van der Waals surface area contributed by atoms with Crippen LogP contribution in [0, 0.1) is 0 Å². The highest BCUT2D eigenvalue weighted by Gasteiger charge is 2.13. The van der Waals surface area contributed by atoms with Gasteiger partial charge in [0.05, 0.1) is 14.9 Å². The van der Waals surface area contributed by atoms with E-state index in [1.807, 2.05) is 0 Å². The monoisotopic (exact) mass is 273 g/mol. The molecule has 2 rings (SSSR count). The van der Waals surface area contributed by atoms with Crippen molar-refractivity contribution in [3.8, 4) is 0 Å². The van der Waals surface area contributed by atoms with Crippen LogP contribution in [0.4, 0.5) is 5.00 Å². The van der Waals surface area contributed by atoms with Crippen LogP contribution in [0.15, 0.2) is 36.4 Å². The number of carbonyl (C=O) groups excluding carboxylic acids is 1. The molecule has 0 fully saturated rings. The molecule has 0 bridgehead atoms. The second-order valence-corrected chi connectivity index (χ2v) is 4.53. The first-order valence-corrected chi connectivity index (χ1v) is 5.52. The van der Waals surface area contributed by atoms with Crippen LogP contribution < -0.4 is 5.73 Å². The van der Waals surface area contributed by atoms with Crippen LogP contribution in [0.1, 0.15) is 15.2 Å². The number of hydrogen-bond acceptors (Lipinski definition) is 3. The van der Waals surface area contributed by atoms with Crippen LogP contribution in [0.3, 0.4) is 0 Å². The van der Waals surface area contributed by atoms with Crippen LogP contribution >= 0.6 is 35.3 Å². The van der Waals surface area contributed by atoms with Crippen LogP contribution in [-0.4, -0.2) is 5.78 Å². The average molecular weight is 274 g/mol. The smallest absolute Gasteiger partial charge is 0.204 e. The molecule has 1 aromatic heterocycles. The summed E-state index contributed by atoms with van der Waals surface area (Å²) >= 11 is 7.20. The van der Waals surface area contributed by atoms with Gasteiger partial charge in [0.1, 0.15) is 0 Å². The summed E-state index contributed by atoms with van der Waals surface area (Å²) in [6.07, 6.45) is 0. The zero-order chi connectivity index (χ0) is 10.8. The second-order valence-electron chi connectivity index (χ2n) is 3.01. The van der Waals surface area contributed by atoms with Crippen molar-refractivity contribution in [1.82, 2.24) is 0 Å². The molecule has 0 aliphatic rings. The third-order valence-corrected chi connectivity index (χ3v) is 3.21. The molecule has 0 atom stereocenters. The Morgan fingerprint density at radius 1 is 1.19 bits per heavy atom. The lowest BCUT2D eigenvalue weighted by Crippen LogP contribution is -1.98. The molecule has 0 radical (unpaired) electrons. The van der Waals surface area contributed by atoms with Gasteiger partial charge in [-0.25, -0.2) is 0 Å². The summed E-state index contributed by atoms with van der Waals surface area (Å²) in [4.78, 5) is 12.6. The van der Waals surface area contributed by atoms with E-state index in [1.54, 1.807) is 36.4 Å². The predicted octanol–water partition coefficient (Wildman–Crippen LogP) is 3.64. The van der Waals surface area contributed by atoms with E-state index in [-0.39, 0.29) is 18.2 Å². The van der Waals surface area contributed by atoms with Gasteiger partial charge in [-0.2, -0.15) is 0 Å². The maximum atomic E-state index is 12.0. The molecule has 5 heteroatoms. The van der Waals surface area contributed by atoms with Gasteiger partial charge in [-0.15, -0.1) is 23.7 Å². The van der Waals surface area contributed by atoms with Crippen LogP contribution in [0.25, 0.3) is 0 Å². The lowest BCUT2D eigenvalue weighted by Gasteiger charge is -1.99. The predicted molar refractivity (Wildman–Crippen MR) is 70.9 cm³/mol. The molecule has 0 aliphatic heterocycles. The summed E-state index contributed by atoms with van der Waals surface area (Å²) in [5.74, 6) is -0.0812. The van der Waals surface area contributed by atoms with Gasteiger partial charge in [0.15, 0.2) is 0 Å². The molecular formula is C11H9Cl2NOS. The molecule has 16 heavy (non-hydrogen) atoms. The van der Waals surface area contributed by atoms with Crippen LogP contribution in [-0.2, 0) is 0 Å². The van der Waals surface area contributed by atoms with Gasteiger partial charge >= 0.3 is 0 Å². The van der Waals surface area contributed by atoms with E-state index in [4.69, 9.17) is 17.3 Å². The number of carbonyl (C=O) groups is 1. The molecular weight excluding hydrogens is 265 g/mol. The van der Waals surface area contributed by atoms with Crippen molar-refractivity contribution in [2.45, 2.75) is 0 Å². The number of ketones is 1. The SMILES string of the molecule is Cl.Nc1ccc(C(=O)c2ccccc2Cl)s1. The second kappa shape index (κ2) is 5.34. The molecule has 1 heterocycles. The number of anilines is 1. The molecule has 1 aromatic carbocycles. The fraction of sp³-hybridized carbons (Fsp3) is 0. The van der Waals surface area contributed by atoms with Crippen molar-refractivity contribution in [1.29, 1.82) is 0 Å². The van der Waals surface area contributed by atoms with Gasteiger partial charge in [0.2, 0.25) is 5.78 Å². The van der Waals surface area contributed by atoms with Gasteiger partial charge in [-0.1, -0.05) is 23.7 Å². The molecule has 0 amide bonds. The van der Waals surface area contributed by atoms with Gasteiger partial charge in [-0.3, -0.25) is 4.79 Å². The highest BCUT2D eigenvalue weighted by Crippen LogP contribution is 2.24. The molecule has 84 valence electrons. The van der Waals surface area contributed by atoms with Crippen LogP contribution in [0.5, 0.6) is 0 Å². The molecule has 0 saturated heterocycles. The number of nitrogen functional groups attached to an aromatic ring is 1. The summed E-state index contributed by atoms with van der Waals surface area (Å²) < 4.78 is 0. The van der Waals surface area contributed by atoms with E-state index < -0.39 is 0 Å². The lowest BCUT2D eigenvalue weighted by atomic mass is 10.1. The van der Waals surface area contributed by atoms with Crippen molar-refractivity contribution in [3.05, 3.63) is 51.9 Å². The maximum absolute atomic E-state index is 12.0. The van der Waals surface area contributed by atoms with Crippen molar-refractivity contribution in [2.75, 3.05) is 5.73 Å².